The zero-order chi connectivity index (χ0) is 13.1. The Hall–Kier alpha value is -1.13. The molecule has 0 radical (unpaired) electrons. The Balaban J connectivity index is 2.05. The molecule has 1 aliphatic rings. The van der Waals surface area contributed by atoms with Gasteiger partial charge in [0.2, 0.25) is 0 Å². The van der Waals surface area contributed by atoms with E-state index in [2.05, 4.69) is 0 Å². The summed E-state index contributed by atoms with van der Waals surface area (Å²) in [5.74, 6) is -0.0765. The molecule has 100 valence electrons. The van der Waals surface area contributed by atoms with Gasteiger partial charge < -0.3 is 14.6 Å². The lowest BCUT2D eigenvalue weighted by Gasteiger charge is -2.17. The van der Waals surface area contributed by atoms with Crippen molar-refractivity contribution in [1.29, 1.82) is 0 Å². The molecule has 1 aliphatic heterocycles. The SMILES string of the molecule is COc1cccc(CC(O)C2COC(C)C2)c1F. The van der Waals surface area contributed by atoms with Crippen LogP contribution in [0, 0.1) is 11.7 Å². The average molecular weight is 254 g/mol. The molecule has 0 spiro atoms. The molecule has 0 amide bonds. The summed E-state index contributed by atoms with van der Waals surface area (Å²) in [5.41, 5.74) is 0.487. The summed E-state index contributed by atoms with van der Waals surface area (Å²) in [6.45, 7) is 2.53. The molecule has 18 heavy (non-hydrogen) atoms. The van der Waals surface area contributed by atoms with E-state index in [-0.39, 0.29) is 23.6 Å². The molecule has 4 heteroatoms. The largest absolute Gasteiger partial charge is 0.494 e. The second-order valence-electron chi connectivity index (χ2n) is 4.84. The first-order valence-electron chi connectivity index (χ1n) is 6.23. The number of benzene rings is 1. The van der Waals surface area contributed by atoms with E-state index < -0.39 is 6.10 Å². The molecule has 0 aliphatic carbocycles. The molecule has 1 saturated heterocycles. The quantitative estimate of drug-likeness (QED) is 0.895. The minimum absolute atomic E-state index is 0.0885. The Bertz CT molecular complexity index is 408. The van der Waals surface area contributed by atoms with Crippen LogP contribution in [-0.2, 0) is 11.2 Å². The highest BCUT2D eigenvalue weighted by Crippen LogP contribution is 2.27. The third-order valence-electron chi connectivity index (χ3n) is 3.47. The van der Waals surface area contributed by atoms with E-state index in [1.165, 1.54) is 7.11 Å². The van der Waals surface area contributed by atoms with E-state index in [1.807, 2.05) is 6.92 Å². The van der Waals surface area contributed by atoms with E-state index in [9.17, 15) is 9.50 Å². The van der Waals surface area contributed by atoms with Crippen molar-refractivity contribution in [1.82, 2.24) is 0 Å². The molecule has 3 atom stereocenters. The van der Waals surface area contributed by atoms with Crippen LogP contribution in [0.4, 0.5) is 4.39 Å². The molecule has 3 nitrogen and oxygen atoms in total. The lowest BCUT2D eigenvalue weighted by molar-refractivity contribution is 0.0801. The average Bonchev–Trinajstić information content (AvgIpc) is 2.78. The van der Waals surface area contributed by atoms with Gasteiger partial charge in [-0.3, -0.25) is 0 Å². The summed E-state index contributed by atoms with van der Waals surface area (Å²) >= 11 is 0. The third-order valence-corrected chi connectivity index (χ3v) is 3.47. The smallest absolute Gasteiger partial charge is 0.168 e. The van der Waals surface area contributed by atoms with Crippen molar-refractivity contribution in [3.63, 3.8) is 0 Å². The predicted octanol–water partition coefficient (Wildman–Crippen LogP) is 2.16. The minimum atomic E-state index is -0.573. The molecular weight excluding hydrogens is 235 g/mol. The zero-order valence-corrected chi connectivity index (χ0v) is 10.7. The van der Waals surface area contributed by atoms with Gasteiger partial charge in [-0.1, -0.05) is 12.1 Å². The molecule has 1 aromatic carbocycles. The van der Waals surface area contributed by atoms with Crippen LogP contribution in [0.3, 0.4) is 0 Å². The molecule has 0 aromatic heterocycles. The van der Waals surface area contributed by atoms with E-state index in [4.69, 9.17) is 9.47 Å². The van der Waals surface area contributed by atoms with Crippen LogP contribution < -0.4 is 4.74 Å². The van der Waals surface area contributed by atoms with E-state index in [1.54, 1.807) is 18.2 Å². The first-order chi connectivity index (χ1) is 8.61. The number of hydrogen-bond acceptors (Lipinski definition) is 3. The first-order valence-corrected chi connectivity index (χ1v) is 6.23. The number of hydrogen-bond donors (Lipinski definition) is 1. The van der Waals surface area contributed by atoms with Crippen LogP contribution in [0.1, 0.15) is 18.9 Å². The molecule has 1 heterocycles. The second-order valence-corrected chi connectivity index (χ2v) is 4.84. The molecular formula is C14H19FO3. The maximum Gasteiger partial charge on any atom is 0.168 e. The summed E-state index contributed by atoms with van der Waals surface area (Å²) in [7, 11) is 1.44. The fraction of sp³-hybridized carbons (Fsp3) is 0.571. The van der Waals surface area contributed by atoms with Crippen LogP contribution in [0.5, 0.6) is 5.75 Å². The lowest BCUT2D eigenvalue weighted by atomic mass is 9.94. The standard InChI is InChI=1S/C14H19FO3/c1-9-6-11(8-18-9)12(16)7-10-4-3-5-13(17-2)14(10)15/h3-5,9,11-12,16H,6-8H2,1-2H3. The summed E-state index contributed by atoms with van der Waals surface area (Å²) < 4.78 is 24.3. The van der Waals surface area contributed by atoms with Gasteiger partial charge in [0.25, 0.3) is 0 Å². The van der Waals surface area contributed by atoms with Crippen molar-refractivity contribution in [2.24, 2.45) is 5.92 Å². The van der Waals surface area contributed by atoms with Gasteiger partial charge in [0, 0.05) is 12.3 Å². The summed E-state index contributed by atoms with van der Waals surface area (Å²) in [6.07, 6.45) is 0.729. The monoisotopic (exact) mass is 254 g/mol. The topological polar surface area (TPSA) is 38.7 Å². The van der Waals surface area contributed by atoms with Crippen LogP contribution in [0.2, 0.25) is 0 Å². The number of aliphatic hydroxyl groups excluding tert-OH is 1. The van der Waals surface area contributed by atoms with Crippen molar-refractivity contribution in [2.45, 2.75) is 32.0 Å². The minimum Gasteiger partial charge on any atom is -0.494 e. The lowest BCUT2D eigenvalue weighted by Crippen LogP contribution is -2.23. The Morgan fingerprint density at radius 2 is 2.33 bits per heavy atom. The number of rotatable bonds is 4. The van der Waals surface area contributed by atoms with E-state index >= 15 is 0 Å². The number of halogens is 1. The highest BCUT2D eigenvalue weighted by molar-refractivity contribution is 5.31. The predicted molar refractivity (Wildman–Crippen MR) is 66.2 cm³/mol. The van der Waals surface area contributed by atoms with Crippen LogP contribution >= 0.6 is 0 Å². The number of aliphatic hydroxyl groups is 1. The van der Waals surface area contributed by atoms with Crippen LogP contribution in [0.15, 0.2) is 18.2 Å². The van der Waals surface area contributed by atoms with Crippen molar-refractivity contribution < 1.29 is 19.0 Å². The Morgan fingerprint density at radius 3 is 2.94 bits per heavy atom. The third kappa shape index (κ3) is 2.82. The molecule has 3 unspecified atom stereocenters. The number of ether oxygens (including phenoxy) is 2. The Morgan fingerprint density at radius 1 is 1.56 bits per heavy atom. The highest BCUT2D eigenvalue weighted by atomic mass is 19.1. The molecule has 1 fully saturated rings. The first kappa shape index (κ1) is 13.3. The Kier molecular flexibility index (Phi) is 4.19. The molecule has 0 saturated carbocycles. The summed E-state index contributed by atoms with van der Waals surface area (Å²) in [5, 5.41) is 10.1. The van der Waals surface area contributed by atoms with Crippen molar-refractivity contribution in [3.05, 3.63) is 29.6 Å². The molecule has 0 bridgehead atoms. The van der Waals surface area contributed by atoms with Gasteiger partial charge in [-0.25, -0.2) is 4.39 Å². The van der Waals surface area contributed by atoms with Crippen LogP contribution in [-0.4, -0.2) is 31.0 Å². The maximum atomic E-state index is 13.9. The summed E-state index contributed by atoms with van der Waals surface area (Å²) in [6, 6.07) is 4.99. The maximum absolute atomic E-state index is 13.9. The van der Waals surface area contributed by atoms with Gasteiger partial charge in [-0.2, -0.15) is 0 Å². The van der Waals surface area contributed by atoms with Gasteiger partial charge in [-0.05, 0) is 25.0 Å². The van der Waals surface area contributed by atoms with Gasteiger partial charge in [0.1, 0.15) is 0 Å². The van der Waals surface area contributed by atoms with Gasteiger partial charge in [-0.15, -0.1) is 0 Å². The van der Waals surface area contributed by atoms with Crippen molar-refractivity contribution >= 4 is 0 Å². The zero-order valence-electron chi connectivity index (χ0n) is 10.7. The van der Waals surface area contributed by atoms with Crippen molar-refractivity contribution in [2.75, 3.05) is 13.7 Å². The molecule has 1 N–H and O–H groups in total. The van der Waals surface area contributed by atoms with Crippen molar-refractivity contribution in [3.8, 4) is 5.75 Å². The number of methoxy groups -OCH3 is 1. The highest BCUT2D eigenvalue weighted by Gasteiger charge is 2.29. The Labute approximate surface area is 107 Å². The summed E-state index contributed by atoms with van der Waals surface area (Å²) in [4.78, 5) is 0. The second kappa shape index (κ2) is 5.67. The molecule has 2 rings (SSSR count). The van der Waals surface area contributed by atoms with E-state index in [0.717, 1.165) is 6.42 Å². The van der Waals surface area contributed by atoms with E-state index in [0.29, 0.717) is 18.6 Å². The fourth-order valence-corrected chi connectivity index (χ4v) is 2.38. The normalized spacial score (nSPS) is 25.1. The van der Waals surface area contributed by atoms with Gasteiger partial charge >= 0.3 is 0 Å². The fourth-order valence-electron chi connectivity index (χ4n) is 2.38. The van der Waals surface area contributed by atoms with Gasteiger partial charge in [0.05, 0.1) is 25.9 Å². The van der Waals surface area contributed by atoms with Crippen LogP contribution in [0.25, 0.3) is 0 Å². The van der Waals surface area contributed by atoms with Gasteiger partial charge in [0.15, 0.2) is 11.6 Å². The molecule has 1 aromatic rings.